The summed E-state index contributed by atoms with van der Waals surface area (Å²) in [6, 6.07) is 3.78. The van der Waals surface area contributed by atoms with Crippen molar-refractivity contribution < 1.29 is 4.42 Å². The Morgan fingerprint density at radius 3 is 2.75 bits per heavy atom. The van der Waals surface area contributed by atoms with Gasteiger partial charge < -0.3 is 9.40 Å². The van der Waals surface area contributed by atoms with E-state index < -0.39 is 0 Å². The fourth-order valence-corrected chi connectivity index (χ4v) is 1.69. The van der Waals surface area contributed by atoms with Crippen LogP contribution in [0.4, 0.5) is 0 Å². The van der Waals surface area contributed by atoms with Crippen molar-refractivity contribution in [3.05, 3.63) is 34.4 Å². The van der Waals surface area contributed by atoms with Gasteiger partial charge in [0.25, 0.3) is 0 Å². The summed E-state index contributed by atoms with van der Waals surface area (Å²) in [5, 5.41) is 0. The minimum Gasteiger partial charge on any atom is -0.463 e. The molecule has 0 bridgehead atoms. The Kier molecular flexibility index (Phi) is 2.92. The molecule has 0 unspecified atom stereocenters. The number of nitrogens with one attached hydrogen (secondary N) is 1. The molecule has 3 nitrogen and oxygen atoms in total. The van der Waals surface area contributed by atoms with E-state index in [1.165, 1.54) is 0 Å². The van der Waals surface area contributed by atoms with Crippen LogP contribution in [0, 0.1) is 11.6 Å². The van der Waals surface area contributed by atoms with Crippen LogP contribution in [0.5, 0.6) is 0 Å². The molecule has 1 N–H and O–H groups in total. The highest BCUT2D eigenvalue weighted by Crippen LogP contribution is 2.23. The molecule has 84 valence electrons. The van der Waals surface area contributed by atoms with Crippen LogP contribution < -0.4 is 0 Å². The molecule has 0 aliphatic heterocycles. The van der Waals surface area contributed by atoms with E-state index in [4.69, 9.17) is 16.6 Å². The van der Waals surface area contributed by atoms with Crippen molar-refractivity contribution in [2.75, 3.05) is 0 Å². The molecule has 0 saturated carbocycles. The van der Waals surface area contributed by atoms with Gasteiger partial charge in [-0.15, -0.1) is 0 Å². The Bertz CT molecular complexity index is 541. The number of hydrogen-bond donors (Lipinski definition) is 1. The quantitative estimate of drug-likeness (QED) is 0.803. The van der Waals surface area contributed by atoms with E-state index in [2.05, 4.69) is 23.8 Å². The smallest absolute Gasteiger partial charge is 0.150 e. The second-order valence-electron chi connectivity index (χ2n) is 4.06. The average Bonchev–Trinajstić information content (AvgIpc) is 2.74. The molecule has 0 fully saturated rings. The zero-order chi connectivity index (χ0) is 11.7. The van der Waals surface area contributed by atoms with Gasteiger partial charge in [-0.3, -0.25) is 0 Å². The summed E-state index contributed by atoms with van der Waals surface area (Å²) in [4.78, 5) is 7.64. The van der Waals surface area contributed by atoms with Crippen LogP contribution in [0.1, 0.15) is 31.2 Å². The molecule has 0 aliphatic rings. The molecule has 0 amide bonds. The Labute approximate surface area is 99.5 Å². The van der Waals surface area contributed by atoms with Gasteiger partial charge in [-0.25, -0.2) is 4.98 Å². The molecule has 0 saturated heterocycles. The molecular weight excluding hydrogens is 220 g/mol. The normalized spacial score (nSPS) is 11.0. The predicted octanol–water partition coefficient (Wildman–Crippen LogP) is 3.83. The molecule has 16 heavy (non-hydrogen) atoms. The summed E-state index contributed by atoms with van der Waals surface area (Å²) < 4.78 is 6.02. The molecule has 0 radical (unpaired) electrons. The molecular formula is C12H14N2OS. The van der Waals surface area contributed by atoms with Crippen LogP contribution in [-0.2, 0) is 0 Å². The van der Waals surface area contributed by atoms with Crippen molar-refractivity contribution in [3.63, 3.8) is 0 Å². The van der Waals surface area contributed by atoms with Gasteiger partial charge in [0.1, 0.15) is 16.2 Å². The molecule has 0 aliphatic carbocycles. The van der Waals surface area contributed by atoms with Crippen molar-refractivity contribution >= 4 is 12.2 Å². The van der Waals surface area contributed by atoms with Gasteiger partial charge in [0.05, 0.1) is 12.0 Å². The number of H-pyrrole nitrogens is 1. The second kappa shape index (κ2) is 4.22. The zero-order valence-corrected chi connectivity index (χ0v) is 10.4. The number of nitrogens with zero attached hydrogens (tertiary/aromatic N) is 1. The highest BCUT2D eigenvalue weighted by Gasteiger charge is 2.11. The highest BCUT2D eigenvalue weighted by molar-refractivity contribution is 7.71. The van der Waals surface area contributed by atoms with Crippen molar-refractivity contribution in [3.8, 4) is 11.5 Å². The molecule has 2 aromatic rings. The van der Waals surface area contributed by atoms with Crippen LogP contribution in [0.2, 0.25) is 0 Å². The Hall–Kier alpha value is -1.42. The fourth-order valence-electron chi connectivity index (χ4n) is 1.49. The van der Waals surface area contributed by atoms with Crippen LogP contribution in [-0.4, -0.2) is 9.97 Å². The number of furan rings is 1. The standard InChI is InChI=1S/C12H14N2OS/c1-7(2)11-13-10(8(3)12(16)14-11)9-5-4-6-15-9/h4-7H,1-3H3,(H,13,14,16). The summed E-state index contributed by atoms with van der Waals surface area (Å²) in [6.45, 7) is 6.11. The molecule has 4 heteroatoms. The molecule has 0 atom stereocenters. The van der Waals surface area contributed by atoms with E-state index >= 15 is 0 Å². The van der Waals surface area contributed by atoms with Gasteiger partial charge >= 0.3 is 0 Å². The third kappa shape index (κ3) is 1.93. The first-order chi connectivity index (χ1) is 7.59. The zero-order valence-electron chi connectivity index (χ0n) is 9.57. The first-order valence-corrected chi connectivity index (χ1v) is 5.65. The van der Waals surface area contributed by atoms with Gasteiger partial charge in [-0.1, -0.05) is 26.1 Å². The first kappa shape index (κ1) is 11.1. The van der Waals surface area contributed by atoms with Crippen LogP contribution in [0.3, 0.4) is 0 Å². The SMILES string of the molecule is Cc1c(-c2ccco2)[nH]c(C(C)C)nc1=S. The largest absolute Gasteiger partial charge is 0.463 e. The van der Waals surface area contributed by atoms with E-state index in [0.717, 1.165) is 22.8 Å². The van der Waals surface area contributed by atoms with Crippen molar-refractivity contribution in [2.24, 2.45) is 0 Å². The number of aromatic amines is 1. The Morgan fingerprint density at radius 1 is 1.44 bits per heavy atom. The second-order valence-corrected chi connectivity index (χ2v) is 4.45. The summed E-state index contributed by atoms with van der Waals surface area (Å²) in [6.07, 6.45) is 1.65. The lowest BCUT2D eigenvalue weighted by molar-refractivity contribution is 0.578. The van der Waals surface area contributed by atoms with Crippen LogP contribution in [0.25, 0.3) is 11.5 Å². The average molecular weight is 234 g/mol. The van der Waals surface area contributed by atoms with Crippen LogP contribution in [0.15, 0.2) is 22.8 Å². The highest BCUT2D eigenvalue weighted by atomic mass is 32.1. The van der Waals surface area contributed by atoms with E-state index in [9.17, 15) is 0 Å². The monoisotopic (exact) mass is 234 g/mol. The van der Waals surface area contributed by atoms with Gasteiger partial charge in [0.15, 0.2) is 0 Å². The maximum absolute atomic E-state index is 5.38. The van der Waals surface area contributed by atoms with Crippen molar-refractivity contribution in [2.45, 2.75) is 26.7 Å². The summed E-state index contributed by atoms with van der Waals surface area (Å²) >= 11 is 5.25. The molecule has 2 aromatic heterocycles. The van der Waals surface area contributed by atoms with E-state index in [1.54, 1.807) is 6.26 Å². The van der Waals surface area contributed by atoms with Gasteiger partial charge in [0, 0.05) is 11.5 Å². The lowest BCUT2D eigenvalue weighted by atomic mass is 10.1. The summed E-state index contributed by atoms with van der Waals surface area (Å²) in [7, 11) is 0. The number of hydrogen-bond acceptors (Lipinski definition) is 3. The topological polar surface area (TPSA) is 41.8 Å². The minimum atomic E-state index is 0.316. The third-order valence-corrected chi connectivity index (χ3v) is 2.88. The molecule has 0 aromatic carbocycles. The maximum Gasteiger partial charge on any atom is 0.150 e. The van der Waals surface area contributed by atoms with E-state index in [1.807, 2.05) is 19.1 Å². The van der Waals surface area contributed by atoms with E-state index in [-0.39, 0.29) is 0 Å². The fraction of sp³-hybridized carbons (Fsp3) is 0.333. The molecule has 2 rings (SSSR count). The van der Waals surface area contributed by atoms with Gasteiger partial charge in [-0.05, 0) is 19.1 Å². The molecule has 0 spiro atoms. The van der Waals surface area contributed by atoms with Crippen molar-refractivity contribution in [1.29, 1.82) is 0 Å². The minimum absolute atomic E-state index is 0.316. The Balaban J connectivity index is 2.65. The Morgan fingerprint density at radius 2 is 2.19 bits per heavy atom. The summed E-state index contributed by atoms with van der Waals surface area (Å²) in [5.74, 6) is 2.01. The van der Waals surface area contributed by atoms with Crippen LogP contribution >= 0.6 is 12.2 Å². The third-order valence-electron chi connectivity index (χ3n) is 2.49. The first-order valence-electron chi connectivity index (χ1n) is 5.24. The lowest BCUT2D eigenvalue weighted by Gasteiger charge is -2.09. The lowest BCUT2D eigenvalue weighted by Crippen LogP contribution is -2.01. The van der Waals surface area contributed by atoms with Gasteiger partial charge in [0.2, 0.25) is 0 Å². The number of rotatable bonds is 2. The maximum atomic E-state index is 5.38. The predicted molar refractivity (Wildman–Crippen MR) is 65.9 cm³/mol. The summed E-state index contributed by atoms with van der Waals surface area (Å²) in [5.41, 5.74) is 1.88. The number of aromatic nitrogens is 2. The van der Waals surface area contributed by atoms with E-state index in [0.29, 0.717) is 10.6 Å². The van der Waals surface area contributed by atoms with Gasteiger partial charge in [-0.2, -0.15) is 0 Å². The molecule has 2 heterocycles. The van der Waals surface area contributed by atoms with Crippen molar-refractivity contribution in [1.82, 2.24) is 9.97 Å².